The second-order valence-corrected chi connectivity index (χ2v) is 5.11. The molecule has 0 unspecified atom stereocenters. The quantitative estimate of drug-likeness (QED) is 0.694. The Kier molecular flexibility index (Phi) is 5.14. The van der Waals surface area contributed by atoms with Crippen molar-refractivity contribution in [3.8, 4) is 0 Å². The zero-order valence-corrected chi connectivity index (χ0v) is 9.24. The van der Waals surface area contributed by atoms with E-state index in [0.29, 0.717) is 6.61 Å². The van der Waals surface area contributed by atoms with Gasteiger partial charge in [-0.2, -0.15) is 11.8 Å². The van der Waals surface area contributed by atoms with E-state index in [0.717, 1.165) is 32.5 Å². The largest absolute Gasteiger partial charge is 0.396 e. The Morgan fingerprint density at radius 3 is 2.62 bits per heavy atom. The van der Waals surface area contributed by atoms with Gasteiger partial charge in [0.05, 0.1) is 0 Å². The van der Waals surface area contributed by atoms with Gasteiger partial charge in [-0.25, -0.2) is 0 Å². The topological polar surface area (TPSA) is 29.5 Å². The minimum absolute atomic E-state index is 0.181. The van der Waals surface area contributed by atoms with Crippen LogP contribution in [0.15, 0.2) is 0 Å². The Labute approximate surface area is 85.0 Å². The Morgan fingerprint density at radius 2 is 2.08 bits per heavy atom. The lowest BCUT2D eigenvalue weighted by molar-refractivity contribution is -0.0173. The van der Waals surface area contributed by atoms with Gasteiger partial charge in [0.1, 0.15) is 0 Å². The van der Waals surface area contributed by atoms with Crippen molar-refractivity contribution in [3.05, 3.63) is 0 Å². The summed E-state index contributed by atoms with van der Waals surface area (Å²) in [4.78, 5) is 0. The van der Waals surface area contributed by atoms with Crippen molar-refractivity contribution in [2.75, 3.05) is 31.3 Å². The fourth-order valence-corrected chi connectivity index (χ4v) is 2.59. The molecule has 3 heteroatoms. The number of ether oxygens (including phenoxy) is 1. The number of aliphatic hydroxyl groups is 1. The Hall–Kier alpha value is 0.270. The van der Waals surface area contributed by atoms with Crippen LogP contribution in [0.2, 0.25) is 0 Å². The maximum Gasteiger partial charge on any atom is 0.0489 e. The monoisotopic (exact) mass is 204 g/mol. The van der Waals surface area contributed by atoms with Crippen molar-refractivity contribution >= 4 is 11.8 Å². The lowest BCUT2D eigenvalue weighted by Gasteiger charge is -2.35. The molecule has 1 N–H and O–H groups in total. The Morgan fingerprint density at radius 1 is 1.38 bits per heavy atom. The number of aliphatic hydroxyl groups excluding tert-OH is 1. The molecule has 0 aromatic carbocycles. The van der Waals surface area contributed by atoms with Crippen LogP contribution in [0.3, 0.4) is 0 Å². The van der Waals surface area contributed by atoms with Crippen molar-refractivity contribution in [2.45, 2.75) is 26.2 Å². The molecule has 1 aliphatic heterocycles. The normalized spacial score (nSPS) is 21.7. The molecule has 2 nitrogen and oxygen atoms in total. The van der Waals surface area contributed by atoms with E-state index in [1.165, 1.54) is 11.5 Å². The minimum atomic E-state index is 0.181. The van der Waals surface area contributed by atoms with Gasteiger partial charge >= 0.3 is 0 Å². The zero-order valence-electron chi connectivity index (χ0n) is 8.42. The summed E-state index contributed by atoms with van der Waals surface area (Å²) in [5.74, 6) is 2.36. The first-order valence-electron chi connectivity index (χ1n) is 5.09. The molecule has 13 heavy (non-hydrogen) atoms. The van der Waals surface area contributed by atoms with Crippen molar-refractivity contribution < 1.29 is 9.84 Å². The summed E-state index contributed by atoms with van der Waals surface area (Å²) in [6.07, 6.45) is 3.22. The van der Waals surface area contributed by atoms with E-state index in [-0.39, 0.29) is 5.41 Å². The molecule has 1 aliphatic rings. The van der Waals surface area contributed by atoms with E-state index in [1.807, 2.05) is 11.8 Å². The molecule has 0 saturated carbocycles. The predicted octanol–water partition coefficient (Wildman–Crippen LogP) is 1.92. The number of rotatable bonds is 5. The van der Waals surface area contributed by atoms with Gasteiger partial charge in [-0.1, -0.05) is 6.92 Å². The molecule has 0 amide bonds. The van der Waals surface area contributed by atoms with Gasteiger partial charge in [0.25, 0.3) is 0 Å². The highest BCUT2D eigenvalue weighted by atomic mass is 32.2. The van der Waals surface area contributed by atoms with Crippen LogP contribution in [-0.4, -0.2) is 36.4 Å². The minimum Gasteiger partial charge on any atom is -0.396 e. The van der Waals surface area contributed by atoms with Crippen molar-refractivity contribution in [2.24, 2.45) is 5.41 Å². The van der Waals surface area contributed by atoms with Gasteiger partial charge < -0.3 is 9.84 Å². The molecule has 0 aliphatic carbocycles. The van der Waals surface area contributed by atoms with Crippen LogP contribution >= 0.6 is 11.8 Å². The molecule has 1 saturated heterocycles. The number of hydrogen-bond donors (Lipinski definition) is 1. The van der Waals surface area contributed by atoms with Crippen LogP contribution in [0.25, 0.3) is 0 Å². The first kappa shape index (κ1) is 11.3. The molecule has 78 valence electrons. The van der Waals surface area contributed by atoms with Gasteiger partial charge in [-0.05, 0) is 36.2 Å². The summed E-state index contributed by atoms with van der Waals surface area (Å²) in [5.41, 5.74) is 0.181. The molecule has 1 heterocycles. The molecular weight excluding hydrogens is 184 g/mol. The number of hydrogen-bond acceptors (Lipinski definition) is 3. The van der Waals surface area contributed by atoms with Gasteiger partial charge in [-0.3, -0.25) is 0 Å². The smallest absolute Gasteiger partial charge is 0.0489 e. The van der Waals surface area contributed by atoms with Gasteiger partial charge in [0, 0.05) is 19.8 Å². The van der Waals surface area contributed by atoms with Gasteiger partial charge in [0.2, 0.25) is 0 Å². The van der Waals surface area contributed by atoms with E-state index in [9.17, 15) is 5.11 Å². The average Bonchev–Trinajstić information content (AvgIpc) is 2.20. The third-order valence-corrected chi connectivity index (χ3v) is 3.77. The molecular formula is C10H20O2S. The summed E-state index contributed by atoms with van der Waals surface area (Å²) in [6, 6.07) is 0. The maximum absolute atomic E-state index is 9.38. The van der Waals surface area contributed by atoms with E-state index in [4.69, 9.17) is 4.74 Å². The van der Waals surface area contributed by atoms with E-state index < -0.39 is 0 Å². The highest BCUT2D eigenvalue weighted by Crippen LogP contribution is 2.34. The lowest BCUT2D eigenvalue weighted by Crippen LogP contribution is -2.33. The Bertz CT molecular complexity index is 133. The zero-order chi connectivity index (χ0) is 9.57. The second-order valence-electron chi connectivity index (χ2n) is 3.72. The summed E-state index contributed by atoms with van der Waals surface area (Å²) in [7, 11) is 0. The van der Waals surface area contributed by atoms with Crippen LogP contribution in [-0.2, 0) is 4.74 Å². The van der Waals surface area contributed by atoms with Gasteiger partial charge in [0.15, 0.2) is 0 Å². The first-order valence-corrected chi connectivity index (χ1v) is 6.25. The second kappa shape index (κ2) is 5.89. The number of thioether (sulfide) groups is 1. The van der Waals surface area contributed by atoms with Crippen LogP contribution in [0, 0.1) is 5.41 Å². The highest BCUT2D eigenvalue weighted by Gasteiger charge is 2.31. The molecule has 0 aromatic rings. The van der Waals surface area contributed by atoms with Gasteiger partial charge in [-0.15, -0.1) is 0 Å². The summed E-state index contributed by atoms with van der Waals surface area (Å²) in [5, 5.41) is 9.38. The van der Waals surface area contributed by atoms with E-state index in [1.54, 1.807) is 0 Å². The maximum atomic E-state index is 9.38. The van der Waals surface area contributed by atoms with Crippen LogP contribution in [0.1, 0.15) is 26.2 Å². The van der Waals surface area contributed by atoms with Crippen LogP contribution in [0.4, 0.5) is 0 Å². The standard InChI is InChI=1S/C10H20O2S/c1-2-13-8-5-10(9-11)3-6-12-7-4-10/h11H,2-9H2,1H3. The summed E-state index contributed by atoms with van der Waals surface area (Å²) in [6.45, 7) is 4.18. The predicted molar refractivity (Wildman–Crippen MR) is 57.2 cm³/mol. The van der Waals surface area contributed by atoms with E-state index in [2.05, 4.69) is 6.92 Å². The molecule has 0 spiro atoms. The van der Waals surface area contributed by atoms with Crippen LogP contribution < -0.4 is 0 Å². The highest BCUT2D eigenvalue weighted by molar-refractivity contribution is 7.99. The molecule has 0 bridgehead atoms. The fraction of sp³-hybridized carbons (Fsp3) is 1.00. The molecule has 1 fully saturated rings. The summed E-state index contributed by atoms with van der Waals surface area (Å²) >= 11 is 1.96. The third-order valence-electron chi connectivity index (χ3n) is 2.87. The Balaban J connectivity index is 2.29. The molecule has 0 aromatic heterocycles. The average molecular weight is 204 g/mol. The van der Waals surface area contributed by atoms with Crippen molar-refractivity contribution in [3.63, 3.8) is 0 Å². The lowest BCUT2D eigenvalue weighted by atomic mass is 9.79. The summed E-state index contributed by atoms with van der Waals surface area (Å²) < 4.78 is 5.31. The molecule has 1 rings (SSSR count). The van der Waals surface area contributed by atoms with Crippen LogP contribution in [0.5, 0.6) is 0 Å². The molecule has 0 atom stereocenters. The first-order chi connectivity index (χ1) is 6.33. The SMILES string of the molecule is CCSCCC1(CO)CCOCC1. The van der Waals surface area contributed by atoms with E-state index >= 15 is 0 Å². The fourth-order valence-electron chi connectivity index (χ4n) is 1.72. The van der Waals surface area contributed by atoms with Crippen molar-refractivity contribution in [1.29, 1.82) is 0 Å². The third kappa shape index (κ3) is 3.49. The van der Waals surface area contributed by atoms with Crippen molar-refractivity contribution in [1.82, 2.24) is 0 Å². The molecule has 0 radical (unpaired) electrons.